The lowest BCUT2D eigenvalue weighted by Crippen LogP contribution is -2.22. The van der Waals surface area contributed by atoms with Gasteiger partial charge in [0.05, 0.1) is 11.6 Å². The summed E-state index contributed by atoms with van der Waals surface area (Å²) in [5.41, 5.74) is 3.42. The number of carbonyl (C=O) groups excluding carboxylic acids is 2. The zero-order valence-electron chi connectivity index (χ0n) is 17.9. The van der Waals surface area contributed by atoms with Gasteiger partial charge in [0.1, 0.15) is 12.4 Å². The van der Waals surface area contributed by atoms with Gasteiger partial charge in [-0.2, -0.15) is 5.26 Å². The second-order valence-electron chi connectivity index (χ2n) is 7.27. The Morgan fingerprint density at radius 3 is 2.62 bits per heavy atom. The lowest BCUT2D eigenvalue weighted by atomic mass is 10.1. The van der Waals surface area contributed by atoms with Crippen LogP contribution in [-0.4, -0.2) is 11.8 Å². The molecule has 162 valence electrons. The van der Waals surface area contributed by atoms with E-state index < -0.39 is 0 Å². The lowest BCUT2D eigenvalue weighted by Gasteiger charge is -2.10. The van der Waals surface area contributed by atoms with Crippen LogP contribution in [0, 0.1) is 11.3 Å². The largest absolute Gasteiger partial charge is 0.489 e. The zero-order valence-corrected chi connectivity index (χ0v) is 17.9. The van der Waals surface area contributed by atoms with Gasteiger partial charge in [-0.25, -0.2) is 0 Å². The summed E-state index contributed by atoms with van der Waals surface area (Å²) in [5.74, 6) is 0.294. The van der Waals surface area contributed by atoms with Crippen LogP contribution in [-0.2, 0) is 17.9 Å². The fraction of sp³-hybridized carbons (Fsp3) is 0.192. The number of nitrogens with zero attached hydrogens (tertiary/aromatic N) is 1. The van der Waals surface area contributed by atoms with E-state index in [0.717, 1.165) is 17.5 Å². The third-order valence-corrected chi connectivity index (χ3v) is 4.77. The summed E-state index contributed by atoms with van der Waals surface area (Å²) in [4.78, 5) is 24.4. The number of benzene rings is 3. The van der Waals surface area contributed by atoms with Crippen LogP contribution in [0.3, 0.4) is 0 Å². The minimum Gasteiger partial charge on any atom is -0.489 e. The SMILES string of the molecule is CCCC(=O)Nc1cccc(CNC(=O)c2cccc(OCc3ccccc3C#N)c2)c1. The maximum absolute atomic E-state index is 12.6. The van der Waals surface area contributed by atoms with Crippen LogP contribution >= 0.6 is 0 Å². The third kappa shape index (κ3) is 6.44. The number of nitriles is 1. The molecule has 0 aliphatic carbocycles. The van der Waals surface area contributed by atoms with Crippen molar-refractivity contribution in [2.24, 2.45) is 0 Å². The van der Waals surface area contributed by atoms with E-state index in [4.69, 9.17) is 4.74 Å². The normalized spacial score (nSPS) is 10.1. The van der Waals surface area contributed by atoms with Crippen LogP contribution in [0.25, 0.3) is 0 Å². The van der Waals surface area contributed by atoms with Crippen molar-refractivity contribution in [1.82, 2.24) is 5.32 Å². The van der Waals surface area contributed by atoms with E-state index in [1.807, 2.05) is 49.4 Å². The molecular weight excluding hydrogens is 402 g/mol. The number of ether oxygens (including phenoxy) is 1. The number of amides is 2. The molecule has 0 fully saturated rings. The molecule has 0 aliphatic heterocycles. The van der Waals surface area contributed by atoms with Crippen molar-refractivity contribution in [3.63, 3.8) is 0 Å². The molecule has 0 saturated carbocycles. The molecule has 0 bridgehead atoms. The van der Waals surface area contributed by atoms with Crippen molar-refractivity contribution in [2.45, 2.75) is 32.9 Å². The van der Waals surface area contributed by atoms with Crippen molar-refractivity contribution in [3.05, 3.63) is 95.1 Å². The average Bonchev–Trinajstić information content (AvgIpc) is 2.82. The topological polar surface area (TPSA) is 91.2 Å². The van der Waals surface area contributed by atoms with Gasteiger partial charge in [-0.1, -0.05) is 43.3 Å². The van der Waals surface area contributed by atoms with E-state index in [1.54, 1.807) is 30.3 Å². The molecule has 0 aromatic heterocycles. The van der Waals surface area contributed by atoms with Gasteiger partial charge in [-0.05, 0) is 48.4 Å². The number of rotatable bonds is 9. The first-order valence-electron chi connectivity index (χ1n) is 10.5. The monoisotopic (exact) mass is 427 g/mol. The molecule has 0 saturated heterocycles. The number of hydrogen-bond donors (Lipinski definition) is 2. The maximum Gasteiger partial charge on any atom is 0.251 e. The first kappa shape index (κ1) is 22.6. The van der Waals surface area contributed by atoms with Gasteiger partial charge in [0.15, 0.2) is 0 Å². The average molecular weight is 428 g/mol. The number of hydrogen-bond acceptors (Lipinski definition) is 4. The minimum atomic E-state index is -0.228. The Kier molecular flexibility index (Phi) is 7.99. The summed E-state index contributed by atoms with van der Waals surface area (Å²) in [5, 5.41) is 14.9. The third-order valence-electron chi connectivity index (χ3n) is 4.77. The standard InChI is InChI=1S/C26H25N3O3/c1-2-7-25(30)29-23-12-5-8-19(14-23)17-28-26(31)20-11-6-13-24(15-20)32-18-22-10-4-3-9-21(22)16-27/h3-6,8-15H,2,7,17-18H2,1H3,(H,28,31)(H,29,30). The van der Waals surface area contributed by atoms with Crippen LogP contribution in [0.15, 0.2) is 72.8 Å². The van der Waals surface area contributed by atoms with Crippen LogP contribution in [0.1, 0.15) is 46.8 Å². The van der Waals surface area contributed by atoms with Crippen molar-refractivity contribution in [2.75, 3.05) is 5.32 Å². The van der Waals surface area contributed by atoms with Gasteiger partial charge in [0.2, 0.25) is 5.91 Å². The summed E-state index contributed by atoms with van der Waals surface area (Å²) in [6, 6.07) is 23.7. The molecule has 0 heterocycles. The van der Waals surface area contributed by atoms with E-state index in [-0.39, 0.29) is 18.4 Å². The molecule has 3 aromatic carbocycles. The van der Waals surface area contributed by atoms with Gasteiger partial charge >= 0.3 is 0 Å². The molecule has 3 rings (SSSR count). The van der Waals surface area contributed by atoms with Gasteiger partial charge < -0.3 is 15.4 Å². The summed E-state index contributed by atoms with van der Waals surface area (Å²) in [7, 11) is 0. The van der Waals surface area contributed by atoms with Crippen LogP contribution in [0.4, 0.5) is 5.69 Å². The van der Waals surface area contributed by atoms with E-state index in [1.165, 1.54) is 0 Å². The molecule has 0 unspecified atom stereocenters. The lowest BCUT2D eigenvalue weighted by molar-refractivity contribution is -0.116. The van der Waals surface area contributed by atoms with E-state index in [0.29, 0.717) is 35.5 Å². The Bertz CT molecular complexity index is 1130. The molecule has 3 aromatic rings. The molecule has 0 aliphatic rings. The Balaban J connectivity index is 1.58. The smallest absolute Gasteiger partial charge is 0.251 e. The van der Waals surface area contributed by atoms with Crippen LogP contribution in [0.2, 0.25) is 0 Å². The Hall–Kier alpha value is -4.11. The molecular formula is C26H25N3O3. The molecule has 2 amide bonds. The summed E-state index contributed by atoms with van der Waals surface area (Å²) < 4.78 is 5.79. The number of nitrogens with one attached hydrogen (secondary N) is 2. The second-order valence-corrected chi connectivity index (χ2v) is 7.27. The molecule has 2 N–H and O–H groups in total. The predicted octanol–water partition coefficient (Wildman–Crippen LogP) is 4.81. The highest BCUT2D eigenvalue weighted by Crippen LogP contribution is 2.17. The summed E-state index contributed by atoms with van der Waals surface area (Å²) >= 11 is 0. The van der Waals surface area contributed by atoms with Crippen molar-refractivity contribution in [1.29, 1.82) is 5.26 Å². The molecule has 0 radical (unpaired) electrons. The van der Waals surface area contributed by atoms with Crippen molar-refractivity contribution in [3.8, 4) is 11.8 Å². The predicted molar refractivity (Wildman–Crippen MR) is 123 cm³/mol. The van der Waals surface area contributed by atoms with Crippen LogP contribution < -0.4 is 15.4 Å². The number of carbonyl (C=O) groups is 2. The van der Waals surface area contributed by atoms with Crippen molar-refractivity contribution >= 4 is 17.5 Å². The fourth-order valence-corrected chi connectivity index (χ4v) is 3.14. The molecule has 0 atom stereocenters. The minimum absolute atomic E-state index is 0.0251. The van der Waals surface area contributed by atoms with Gasteiger partial charge in [0.25, 0.3) is 5.91 Å². The van der Waals surface area contributed by atoms with E-state index in [9.17, 15) is 14.9 Å². The molecule has 0 spiro atoms. The summed E-state index contributed by atoms with van der Waals surface area (Å²) in [6.45, 7) is 2.53. The van der Waals surface area contributed by atoms with Gasteiger partial charge in [0, 0.05) is 29.8 Å². The Labute approximate surface area is 187 Å². The highest BCUT2D eigenvalue weighted by Gasteiger charge is 2.09. The highest BCUT2D eigenvalue weighted by molar-refractivity contribution is 5.94. The van der Waals surface area contributed by atoms with Crippen molar-refractivity contribution < 1.29 is 14.3 Å². The highest BCUT2D eigenvalue weighted by atomic mass is 16.5. The maximum atomic E-state index is 12.6. The van der Waals surface area contributed by atoms with E-state index in [2.05, 4.69) is 16.7 Å². The molecule has 6 heteroatoms. The quantitative estimate of drug-likeness (QED) is 0.513. The second kappa shape index (κ2) is 11.3. The van der Waals surface area contributed by atoms with Gasteiger partial charge in [-0.3, -0.25) is 9.59 Å². The van der Waals surface area contributed by atoms with Gasteiger partial charge in [-0.15, -0.1) is 0 Å². The molecule has 6 nitrogen and oxygen atoms in total. The Morgan fingerprint density at radius 1 is 1.00 bits per heavy atom. The number of anilines is 1. The summed E-state index contributed by atoms with van der Waals surface area (Å²) in [6.07, 6.45) is 1.26. The zero-order chi connectivity index (χ0) is 22.8. The van der Waals surface area contributed by atoms with E-state index >= 15 is 0 Å². The first-order valence-corrected chi connectivity index (χ1v) is 10.5. The molecule has 32 heavy (non-hydrogen) atoms. The fourth-order valence-electron chi connectivity index (χ4n) is 3.14. The first-order chi connectivity index (χ1) is 15.6. The van der Waals surface area contributed by atoms with Crippen LogP contribution in [0.5, 0.6) is 5.75 Å². The Morgan fingerprint density at radius 2 is 1.81 bits per heavy atom.